The molecule has 1 fully saturated rings. The van der Waals surface area contributed by atoms with Crippen molar-refractivity contribution in [3.63, 3.8) is 0 Å². The molecule has 1 aromatic rings. The van der Waals surface area contributed by atoms with Crippen LogP contribution in [-0.4, -0.2) is 19.1 Å². The number of thiophene rings is 1. The van der Waals surface area contributed by atoms with Crippen molar-refractivity contribution in [1.82, 2.24) is 5.32 Å². The van der Waals surface area contributed by atoms with Gasteiger partial charge in [0.25, 0.3) is 0 Å². The van der Waals surface area contributed by atoms with Crippen LogP contribution in [0, 0.1) is 6.92 Å². The molecule has 1 N–H and O–H groups in total. The number of aryl methyl sites for hydroxylation is 1. The van der Waals surface area contributed by atoms with E-state index in [1.807, 2.05) is 12.1 Å². The average Bonchev–Trinajstić information content (AvgIpc) is 2.96. The summed E-state index contributed by atoms with van der Waals surface area (Å²) < 4.78 is 4.89. The highest BCUT2D eigenvalue weighted by Crippen LogP contribution is 2.27. The molecule has 17 heavy (non-hydrogen) atoms. The number of carbonyl (C=O) groups is 1. The molecule has 2 rings (SSSR count). The highest BCUT2D eigenvalue weighted by molar-refractivity contribution is 7.12. The minimum Gasteiger partial charge on any atom is -0.468 e. The van der Waals surface area contributed by atoms with Crippen LogP contribution in [0.15, 0.2) is 12.1 Å². The predicted molar refractivity (Wildman–Crippen MR) is 69.2 cm³/mol. The second-order valence-electron chi connectivity index (χ2n) is 4.55. The van der Waals surface area contributed by atoms with Gasteiger partial charge in [0.2, 0.25) is 0 Å². The van der Waals surface area contributed by atoms with Crippen molar-refractivity contribution in [3.05, 3.63) is 21.9 Å². The van der Waals surface area contributed by atoms with Gasteiger partial charge in [-0.1, -0.05) is 12.8 Å². The first-order valence-corrected chi connectivity index (χ1v) is 6.92. The molecule has 3 nitrogen and oxygen atoms in total. The summed E-state index contributed by atoms with van der Waals surface area (Å²) in [5.41, 5.74) is 0. The van der Waals surface area contributed by atoms with Crippen molar-refractivity contribution >= 4 is 17.3 Å². The Bertz CT molecular complexity index is 383. The van der Waals surface area contributed by atoms with Crippen LogP contribution in [-0.2, 0) is 9.53 Å². The fourth-order valence-corrected chi connectivity index (χ4v) is 3.25. The molecule has 1 aliphatic rings. The second-order valence-corrected chi connectivity index (χ2v) is 5.87. The third kappa shape index (κ3) is 3.07. The Morgan fingerprint density at radius 3 is 2.71 bits per heavy atom. The van der Waals surface area contributed by atoms with Crippen molar-refractivity contribution in [3.8, 4) is 0 Å². The number of carbonyl (C=O) groups excluding carboxylic acids is 1. The lowest BCUT2D eigenvalue weighted by Crippen LogP contribution is -2.35. The highest BCUT2D eigenvalue weighted by Gasteiger charge is 2.27. The maximum Gasteiger partial charge on any atom is 0.328 e. The van der Waals surface area contributed by atoms with Gasteiger partial charge in [-0.2, -0.15) is 0 Å². The summed E-state index contributed by atoms with van der Waals surface area (Å²) >= 11 is 1.66. The lowest BCUT2D eigenvalue weighted by atomic mass is 10.1. The summed E-state index contributed by atoms with van der Waals surface area (Å²) in [6.07, 6.45) is 4.85. The Kier molecular flexibility index (Phi) is 4.18. The molecule has 1 atom stereocenters. The molecule has 0 spiro atoms. The first kappa shape index (κ1) is 12.6. The zero-order valence-electron chi connectivity index (χ0n) is 10.4. The predicted octanol–water partition coefficient (Wildman–Crippen LogP) is 2.80. The molecule has 0 saturated heterocycles. The van der Waals surface area contributed by atoms with Gasteiger partial charge in [0, 0.05) is 15.8 Å². The van der Waals surface area contributed by atoms with Gasteiger partial charge in [-0.15, -0.1) is 11.3 Å². The summed E-state index contributed by atoms with van der Waals surface area (Å²) in [7, 11) is 1.45. The molecule has 4 heteroatoms. The van der Waals surface area contributed by atoms with E-state index in [0.29, 0.717) is 6.04 Å². The topological polar surface area (TPSA) is 38.3 Å². The Hall–Kier alpha value is -0.870. The molecule has 94 valence electrons. The summed E-state index contributed by atoms with van der Waals surface area (Å²) in [6, 6.07) is 4.24. The molecular formula is C13H19NO2S. The van der Waals surface area contributed by atoms with Crippen LogP contribution in [0.3, 0.4) is 0 Å². The van der Waals surface area contributed by atoms with Gasteiger partial charge < -0.3 is 4.74 Å². The summed E-state index contributed by atoms with van der Waals surface area (Å²) in [6.45, 7) is 2.05. The van der Waals surface area contributed by atoms with Gasteiger partial charge >= 0.3 is 5.97 Å². The fourth-order valence-electron chi connectivity index (χ4n) is 2.32. The number of nitrogens with one attached hydrogen (secondary N) is 1. The largest absolute Gasteiger partial charge is 0.468 e. The summed E-state index contributed by atoms with van der Waals surface area (Å²) in [4.78, 5) is 14.1. The van der Waals surface area contributed by atoms with Crippen LogP contribution in [0.1, 0.15) is 41.5 Å². The number of ether oxygens (including phenoxy) is 1. The van der Waals surface area contributed by atoms with E-state index in [1.54, 1.807) is 11.3 Å². The van der Waals surface area contributed by atoms with Crippen molar-refractivity contribution < 1.29 is 9.53 Å². The van der Waals surface area contributed by atoms with Crippen LogP contribution in [0.4, 0.5) is 0 Å². The van der Waals surface area contributed by atoms with Crippen LogP contribution < -0.4 is 5.32 Å². The van der Waals surface area contributed by atoms with Crippen molar-refractivity contribution in [2.45, 2.75) is 44.7 Å². The first-order chi connectivity index (χ1) is 8.20. The lowest BCUT2D eigenvalue weighted by Gasteiger charge is -2.19. The van der Waals surface area contributed by atoms with Crippen LogP contribution in [0.2, 0.25) is 0 Å². The molecule has 0 bridgehead atoms. The number of rotatable bonds is 4. The maximum absolute atomic E-state index is 11.8. The van der Waals surface area contributed by atoms with Crippen molar-refractivity contribution in [1.29, 1.82) is 0 Å². The molecule has 1 aromatic heterocycles. The van der Waals surface area contributed by atoms with Gasteiger partial charge in [-0.05, 0) is 31.9 Å². The minimum atomic E-state index is -0.290. The second kappa shape index (κ2) is 5.65. The van der Waals surface area contributed by atoms with Crippen molar-refractivity contribution in [2.24, 2.45) is 0 Å². The van der Waals surface area contributed by atoms with E-state index in [-0.39, 0.29) is 12.0 Å². The van der Waals surface area contributed by atoms with Gasteiger partial charge in [0.1, 0.15) is 6.04 Å². The zero-order chi connectivity index (χ0) is 12.3. The number of hydrogen-bond acceptors (Lipinski definition) is 4. The minimum absolute atomic E-state index is 0.182. The van der Waals surface area contributed by atoms with E-state index in [9.17, 15) is 4.79 Å². The quantitative estimate of drug-likeness (QED) is 0.839. The molecule has 0 radical (unpaired) electrons. The number of hydrogen-bond donors (Lipinski definition) is 1. The molecule has 0 aromatic carbocycles. The number of methoxy groups -OCH3 is 1. The average molecular weight is 253 g/mol. The molecule has 0 aliphatic heterocycles. The third-order valence-corrected chi connectivity index (χ3v) is 4.31. The standard InChI is InChI=1S/C13H19NO2S/c1-9-7-8-11(17-9)12(13(15)16-2)14-10-5-3-4-6-10/h7-8,10,12,14H,3-6H2,1-2H3. The molecule has 1 unspecified atom stereocenters. The summed E-state index contributed by atoms with van der Waals surface area (Å²) in [5, 5.41) is 3.43. The first-order valence-electron chi connectivity index (χ1n) is 6.11. The molecule has 0 amide bonds. The van der Waals surface area contributed by atoms with Gasteiger partial charge in [0.05, 0.1) is 7.11 Å². The highest BCUT2D eigenvalue weighted by atomic mass is 32.1. The van der Waals surface area contributed by atoms with Gasteiger partial charge in [0.15, 0.2) is 0 Å². The Balaban J connectivity index is 2.10. The van der Waals surface area contributed by atoms with Crippen LogP contribution in [0.5, 0.6) is 0 Å². The van der Waals surface area contributed by atoms with E-state index in [4.69, 9.17) is 4.74 Å². The normalized spacial score (nSPS) is 18.2. The fraction of sp³-hybridized carbons (Fsp3) is 0.615. The lowest BCUT2D eigenvalue weighted by molar-refractivity contribution is -0.143. The Morgan fingerprint density at radius 2 is 2.18 bits per heavy atom. The van der Waals surface area contributed by atoms with E-state index < -0.39 is 0 Å². The third-order valence-electron chi connectivity index (χ3n) is 3.24. The van der Waals surface area contributed by atoms with Crippen molar-refractivity contribution in [2.75, 3.05) is 7.11 Å². The van der Waals surface area contributed by atoms with E-state index in [2.05, 4.69) is 12.2 Å². The maximum atomic E-state index is 11.8. The Morgan fingerprint density at radius 1 is 1.47 bits per heavy atom. The molecule has 1 aliphatic carbocycles. The molecule has 1 saturated carbocycles. The SMILES string of the molecule is COC(=O)C(NC1CCCC1)c1ccc(C)s1. The van der Waals surface area contributed by atoms with Gasteiger partial charge in [-0.25, -0.2) is 4.79 Å². The van der Waals surface area contributed by atoms with Gasteiger partial charge in [-0.3, -0.25) is 5.32 Å². The smallest absolute Gasteiger partial charge is 0.328 e. The monoisotopic (exact) mass is 253 g/mol. The molecular weight excluding hydrogens is 234 g/mol. The van der Waals surface area contributed by atoms with Crippen LogP contribution in [0.25, 0.3) is 0 Å². The van der Waals surface area contributed by atoms with E-state index >= 15 is 0 Å². The van der Waals surface area contributed by atoms with Crippen LogP contribution >= 0.6 is 11.3 Å². The number of esters is 1. The van der Waals surface area contributed by atoms with E-state index in [1.165, 1.54) is 24.8 Å². The Labute approximate surface area is 106 Å². The summed E-state index contributed by atoms with van der Waals surface area (Å²) in [5.74, 6) is -0.182. The zero-order valence-corrected chi connectivity index (χ0v) is 11.2. The van der Waals surface area contributed by atoms with E-state index in [0.717, 1.165) is 17.7 Å². The molecule has 1 heterocycles.